The van der Waals surface area contributed by atoms with Crippen molar-refractivity contribution in [2.45, 2.75) is 24.1 Å². The van der Waals surface area contributed by atoms with Gasteiger partial charge in [0.15, 0.2) is 0 Å². The molecule has 2 heterocycles. The van der Waals surface area contributed by atoms with Crippen LogP contribution in [-0.2, 0) is 16.6 Å². The number of nitrogens with zero attached hydrogens (tertiary/aromatic N) is 2. The van der Waals surface area contributed by atoms with Crippen LogP contribution >= 0.6 is 11.3 Å². The van der Waals surface area contributed by atoms with E-state index in [9.17, 15) is 8.42 Å². The molecule has 1 aliphatic heterocycles. The van der Waals surface area contributed by atoms with E-state index in [2.05, 4.69) is 10.2 Å². The van der Waals surface area contributed by atoms with Crippen LogP contribution in [0.2, 0.25) is 0 Å². The number of sulfonamides is 1. The molecule has 7 heteroatoms. The number of likely N-dealkylation sites (N-methyl/N-ethyl adjacent to an activating group) is 1. The molecular formula is C13H23N3O2S2. The van der Waals surface area contributed by atoms with Gasteiger partial charge in [0.1, 0.15) is 4.21 Å². The molecule has 20 heavy (non-hydrogen) atoms. The summed E-state index contributed by atoms with van der Waals surface area (Å²) in [6, 6.07) is 1.80. The van der Waals surface area contributed by atoms with Crippen molar-refractivity contribution in [2.75, 3.05) is 39.8 Å². The summed E-state index contributed by atoms with van der Waals surface area (Å²) in [5, 5.41) is 5.15. The van der Waals surface area contributed by atoms with Gasteiger partial charge in [0, 0.05) is 26.2 Å². The Morgan fingerprint density at radius 3 is 2.85 bits per heavy atom. The van der Waals surface area contributed by atoms with E-state index in [1.54, 1.807) is 10.4 Å². The van der Waals surface area contributed by atoms with Crippen molar-refractivity contribution in [3.8, 4) is 0 Å². The summed E-state index contributed by atoms with van der Waals surface area (Å²) in [7, 11) is -1.28. The second-order valence-corrected chi connectivity index (χ2v) is 8.19. The van der Waals surface area contributed by atoms with Crippen LogP contribution in [0.3, 0.4) is 0 Å². The highest BCUT2D eigenvalue weighted by molar-refractivity contribution is 7.91. The summed E-state index contributed by atoms with van der Waals surface area (Å²) in [5.41, 5.74) is 1.04. The molecule has 1 aromatic rings. The molecule has 0 aromatic carbocycles. The number of nitrogens with one attached hydrogen (secondary N) is 1. The maximum absolute atomic E-state index is 12.6. The van der Waals surface area contributed by atoms with Crippen molar-refractivity contribution >= 4 is 21.4 Å². The summed E-state index contributed by atoms with van der Waals surface area (Å²) >= 11 is 1.32. The van der Waals surface area contributed by atoms with Gasteiger partial charge in [-0.3, -0.25) is 0 Å². The van der Waals surface area contributed by atoms with Gasteiger partial charge in [-0.25, -0.2) is 8.42 Å². The third kappa shape index (κ3) is 3.79. The Morgan fingerprint density at radius 1 is 1.30 bits per heavy atom. The van der Waals surface area contributed by atoms with E-state index in [-0.39, 0.29) is 0 Å². The first-order chi connectivity index (χ1) is 9.54. The lowest BCUT2D eigenvalue weighted by molar-refractivity contribution is 0.347. The standard InChI is InChI=1S/C13H23N3O2S2/c1-3-14-10-12-9-13(19-11-12)20(17,18)16-6-4-5-15(2)7-8-16/h9,11,14H,3-8,10H2,1-2H3. The molecule has 0 spiro atoms. The smallest absolute Gasteiger partial charge is 0.252 e. The zero-order chi connectivity index (χ0) is 14.6. The van der Waals surface area contributed by atoms with Gasteiger partial charge in [-0.2, -0.15) is 4.31 Å². The molecular weight excluding hydrogens is 294 g/mol. The summed E-state index contributed by atoms with van der Waals surface area (Å²) in [5.74, 6) is 0. The van der Waals surface area contributed by atoms with Gasteiger partial charge >= 0.3 is 0 Å². The molecule has 1 aromatic heterocycles. The van der Waals surface area contributed by atoms with E-state index in [1.807, 2.05) is 19.4 Å². The molecule has 0 radical (unpaired) electrons. The number of hydrogen-bond donors (Lipinski definition) is 1. The minimum absolute atomic E-state index is 0.468. The van der Waals surface area contributed by atoms with Gasteiger partial charge in [-0.1, -0.05) is 6.92 Å². The Bertz CT molecular complexity index is 527. The third-order valence-electron chi connectivity index (χ3n) is 3.48. The van der Waals surface area contributed by atoms with E-state index in [1.165, 1.54) is 11.3 Å². The Labute approximate surface area is 125 Å². The molecule has 2 rings (SSSR count). The first-order valence-electron chi connectivity index (χ1n) is 7.01. The van der Waals surface area contributed by atoms with Crippen molar-refractivity contribution < 1.29 is 8.42 Å². The van der Waals surface area contributed by atoms with Crippen LogP contribution in [0.4, 0.5) is 0 Å². The van der Waals surface area contributed by atoms with Gasteiger partial charge < -0.3 is 10.2 Å². The van der Waals surface area contributed by atoms with Crippen LogP contribution in [0, 0.1) is 0 Å². The van der Waals surface area contributed by atoms with E-state index in [0.717, 1.165) is 38.2 Å². The van der Waals surface area contributed by atoms with Crippen LogP contribution in [0.1, 0.15) is 18.9 Å². The minimum Gasteiger partial charge on any atom is -0.313 e. The van der Waals surface area contributed by atoms with Crippen LogP contribution in [0.25, 0.3) is 0 Å². The Kier molecular flexibility index (Phi) is 5.57. The zero-order valence-corrected chi connectivity index (χ0v) is 13.8. The molecule has 1 N–H and O–H groups in total. The van der Waals surface area contributed by atoms with Crippen LogP contribution in [0.15, 0.2) is 15.7 Å². The van der Waals surface area contributed by atoms with Crippen LogP contribution in [-0.4, -0.2) is 57.4 Å². The second-order valence-electron chi connectivity index (χ2n) is 5.12. The second kappa shape index (κ2) is 7.00. The lowest BCUT2D eigenvalue weighted by Gasteiger charge is -2.19. The lowest BCUT2D eigenvalue weighted by Crippen LogP contribution is -2.34. The van der Waals surface area contributed by atoms with Gasteiger partial charge in [-0.05, 0) is 43.6 Å². The maximum Gasteiger partial charge on any atom is 0.252 e. The zero-order valence-electron chi connectivity index (χ0n) is 12.1. The Hall–Kier alpha value is -0.470. The van der Waals surface area contributed by atoms with Gasteiger partial charge in [0.05, 0.1) is 0 Å². The lowest BCUT2D eigenvalue weighted by atomic mass is 10.3. The van der Waals surface area contributed by atoms with Crippen LogP contribution < -0.4 is 5.32 Å². The van der Waals surface area contributed by atoms with E-state index in [4.69, 9.17) is 0 Å². The summed E-state index contributed by atoms with van der Waals surface area (Å²) in [6.45, 7) is 6.61. The molecule has 1 fully saturated rings. The summed E-state index contributed by atoms with van der Waals surface area (Å²) in [4.78, 5) is 2.18. The molecule has 1 aliphatic rings. The van der Waals surface area contributed by atoms with Crippen LogP contribution in [0.5, 0.6) is 0 Å². The number of thiophene rings is 1. The normalized spacial score (nSPS) is 19.1. The molecule has 0 amide bonds. The van der Waals surface area contributed by atoms with Crippen molar-refractivity contribution in [1.82, 2.24) is 14.5 Å². The molecule has 0 atom stereocenters. The van der Waals surface area contributed by atoms with E-state index >= 15 is 0 Å². The topological polar surface area (TPSA) is 52.7 Å². The fraction of sp³-hybridized carbons (Fsp3) is 0.692. The monoisotopic (exact) mass is 317 g/mol. The molecule has 0 saturated carbocycles. The van der Waals surface area contributed by atoms with Gasteiger partial charge in [-0.15, -0.1) is 11.3 Å². The Balaban J connectivity index is 2.10. The van der Waals surface area contributed by atoms with E-state index < -0.39 is 10.0 Å². The van der Waals surface area contributed by atoms with Crippen molar-refractivity contribution in [1.29, 1.82) is 0 Å². The highest BCUT2D eigenvalue weighted by atomic mass is 32.2. The number of hydrogen-bond acceptors (Lipinski definition) is 5. The summed E-state index contributed by atoms with van der Waals surface area (Å²) < 4.78 is 27.4. The van der Waals surface area contributed by atoms with Crippen molar-refractivity contribution in [3.05, 3.63) is 17.0 Å². The average molecular weight is 317 g/mol. The molecule has 5 nitrogen and oxygen atoms in total. The third-order valence-corrected chi connectivity index (χ3v) is 6.84. The van der Waals surface area contributed by atoms with Crippen molar-refractivity contribution in [2.24, 2.45) is 0 Å². The highest BCUT2D eigenvalue weighted by Crippen LogP contribution is 2.24. The fourth-order valence-corrected chi connectivity index (χ4v) is 5.07. The molecule has 0 unspecified atom stereocenters. The van der Waals surface area contributed by atoms with Crippen molar-refractivity contribution in [3.63, 3.8) is 0 Å². The molecule has 114 valence electrons. The first-order valence-corrected chi connectivity index (χ1v) is 9.33. The average Bonchev–Trinajstić information content (AvgIpc) is 2.79. The van der Waals surface area contributed by atoms with Gasteiger partial charge in [0.25, 0.3) is 10.0 Å². The SMILES string of the molecule is CCNCc1csc(S(=O)(=O)N2CCCN(C)CC2)c1. The predicted molar refractivity (Wildman–Crippen MR) is 82.6 cm³/mol. The summed E-state index contributed by atoms with van der Waals surface area (Å²) in [6.07, 6.45) is 0.894. The predicted octanol–water partition coefficient (Wildman–Crippen LogP) is 1.18. The molecule has 0 bridgehead atoms. The molecule has 0 aliphatic carbocycles. The Morgan fingerprint density at radius 2 is 2.10 bits per heavy atom. The molecule has 1 saturated heterocycles. The minimum atomic E-state index is -3.32. The highest BCUT2D eigenvalue weighted by Gasteiger charge is 2.27. The maximum atomic E-state index is 12.6. The first kappa shape index (κ1) is 15.9. The van der Waals surface area contributed by atoms with Gasteiger partial charge in [0.2, 0.25) is 0 Å². The number of rotatable bonds is 5. The quantitative estimate of drug-likeness (QED) is 0.886. The van der Waals surface area contributed by atoms with E-state index in [0.29, 0.717) is 17.3 Å². The fourth-order valence-electron chi connectivity index (χ4n) is 2.24. The largest absolute Gasteiger partial charge is 0.313 e.